The molecule has 3 N–H and O–H groups in total. The molecule has 0 fully saturated rings. The number of anilines is 1. The minimum absolute atomic E-state index is 0.00402. The van der Waals surface area contributed by atoms with E-state index >= 15 is 0 Å². The van der Waals surface area contributed by atoms with Crippen LogP contribution < -0.4 is 20.5 Å². The highest BCUT2D eigenvalue weighted by atomic mass is 32.2. The number of nitrogens with one attached hydrogen (secondary N) is 1. The Bertz CT molecular complexity index is 888. The Kier molecular flexibility index (Phi) is 6.38. The van der Waals surface area contributed by atoms with Gasteiger partial charge in [0.05, 0.1) is 11.4 Å². The second-order valence-corrected chi connectivity index (χ2v) is 6.79. The molecular formula is C19H18N2O6S. The summed E-state index contributed by atoms with van der Waals surface area (Å²) in [5.74, 6) is -0.590. The SMILES string of the molecule is NC(=O)CSc1ccccc1NC(=O)COC(=O)[C@@H]1COc2ccccc2O1. The molecule has 28 heavy (non-hydrogen) atoms. The number of amides is 2. The van der Waals surface area contributed by atoms with Crippen molar-refractivity contribution in [2.75, 3.05) is 24.3 Å². The van der Waals surface area contributed by atoms with E-state index in [9.17, 15) is 14.4 Å². The average Bonchev–Trinajstić information content (AvgIpc) is 2.71. The van der Waals surface area contributed by atoms with Gasteiger partial charge in [-0.2, -0.15) is 0 Å². The lowest BCUT2D eigenvalue weighted by atomic mass is 10.2. The molecule has 1 atom stereocenters. The Labute approximate surface area is 165 Å². The van der Waals surface area contributed by atoms with Crippen molar-refractivity contribution in [2.24, 2.45) is 5.73 Å². The van der Waals surface area contributed by atoms with E-state index < -0.39 is 30.5 Å². The maximum absolute atomic E-state index is 12.1. The van der Waals surface area contributed by atoms with Crippen LogP contribution in [-0.2, 0) is 19.1 Å². The van der Waals surface area contributed by atoms with E-state index in [0.717, 1.165) is 0 Å². The van der Waals surface area contributed by atoms with Gasteiger partial charge in [-0.15, -0.1) is 11.8 Å². The number of benzene rings is 2. The minimum Gasteiger partial charge on any atom is -0.485 e. The standard InChI is InChI=1S/C19H18N2O6S/c20-17(22)11-28-16-8-4-1-5-12(16)21-18(23)10-26-19(24)15-9-25-13-6-2-3-7-14(13)27-15/h1-8,15H,9-11H2,(H2,20,22)(H,21,23)/t15-/m0/s1. The van der Waals surface area contributed by atoms with Crippen LogP contribution in [0.15, 0.2) is 53.4 Å². The number of fused-ring (bicyclic) bond motifs is 1. The predicted octanol–water partition coefficient (Wildman–Crippen LogP) is 1.59. The van der Waals surface area contributed by atoms with Gasteiger partial charge in [-0.1, -0.05) is 24.3 Å². The Morgan fingerprint density at radius 3 is 2.61 bits per heavy atom. The van der Waals surface area contributed by atoms with Crippen LogP contribution in [0.25, 0.3) is 0 Å². The number of ether oxygens (including phenoxy) is 3. The van der Waals surface area contributed by atoms with Crippen molar-refractivity contribution < 1.29 is 28.6 Å². The number of carbonyl (C=O) groups is 3. The van der Waals surface area contributed by atoms with Crippen LogP contribution in [0.2, 0.25) is 0 Å². The fourth-order valence-corrected chi connectivity index (χ4v) is 3.14. The summed E-state index contributed by atoms with van der Waals surface area (Å²) in [6.07, 6.45) is -0.943. The summed E-state index contributed by atoms with van der Waals surface area (Å²) in [6.45, 7) is -0.473. The maximum Gasteiger partial charge on any atom is 0.351 e. The molecule has 0 spiro atoms. The number of hydrogen-bond donors (Lipinski definition) is 2. The summed E-state index contributed by atoms with van der Waals surface area (Å²) in [5, 5.41) is 2.65. The van der Waals surface area contributed by atoms with Gasteiger partial charge in [0.15, 0.2) is 18.1 Å². The summed E-state index contributed by atoms with van der Waals surface area (Å²) in [6, 6.07) is 13.9. The first-order valence-electron chi connectivity index (χ1n) is 8.38. The van der Waals surface area contributed by atoms with Crippen LogP contribution in [0, 0.1) is 0 Å². The zero-order chi connectivity index (χ0) is 19.9. The molecule has 1 heterocycles. The summed E-state index contributed by atoms with van der Waals surface area (Å²) >= 11 is 1.20. The molecule has 2 aromatic rings. The van der Waals surface area contributed by atoms with Crippen LogP contribution in [0.4, 0.5) is 5.69 Å². The van der Waals surface area contributed by atoms with Gasteiger partial charge in [-0.25, -0.2) is 4.79 Å². The lowest BCUT2D eigenvalue weighted by Crippen LogP contribution is -2.39. The maximum atomic E-state index is 12.1. The molecule has 8 nitrogen and oxygen atoms in total. The third kappa shape index (κ3) is 5.17. The Hall–Kier alpha value is -3.20. The summed E-state index contributed by atoms with van der Waals surface area (Å²) in [5.41, 5.74) is 5.65. The van der Waals surface area contributed by atoms with Gasteiger partial charge >= 0.3 is 5.97 Å². The normalized spacial score (nSPS) is 14.8. The van der Waals surface area contributed by atoms with Gasteiger partial charge in [0, 0.05) is 4.90 Å². The number of primary amides is 1. The fourth-order valence-electron chi connectivity index (χ4n) is 2.40. The number of nitrogens with two attached hydrogens (primary N) is 1. The van der Waals surface area contributed by atoms with E-state index in [1.54, 1.807) is 48.5 Å². The zero-order valence-corrected chi connectivity index (χ0v) is 15.6. The molecule has 0 radical (unpaired) electrons. The van der Waals surface area contributed by atoms with E-state index in [-0.39, 0.29) is 12.4 Å². The third-order valence-electron chi connectivity index (χ3n) is 3.65. The highest BCUT2D eigenvalue weighted by molar-refractivity contribution is 8.00. The highest BCUT2D eigenvalue weighted by Crippen LogP contribution is 2.31. The number of rotatable bonds is 7. The van der Waals surface area contributed by atoms with Gasteiger partial charge in [0.25, 0.3) is 5.91 Å². The summed E-state index contributed by atoms with van der Waals surface area (Å²) in [7, 11) is 0. The molecule has 2 aromatic carbocycles. The van der Waals surface area contributed by atoms with E-state index in [1.807, 2.05) is 0 Å². The molecule has 2 amide bonds. The molecule has 1 aliphatic heterocycles. The van der Waals surface area contributed by atoms with Gasteiger partial charge in [-0.3, -0.25) is 9.59 Å². The van der Waals surface area contributed by atoms with Crippen molar-refractivity contribution in [3.05, 3.63) is 48.5 Å². The second kappa shape index (κ2) is 9.14. The molecule has 1 aliphatic rings. The number of para-hydroxylation sites is 3. The summed E-state index contributed by atoms with van der Waals surface area (Å²) in [4.78, 5) is 35.9. The van der Waals surface area contributed by atoms with Gasteiger partial charge in [0.2, 0.25) is 12.0 Å². The van der Waals surface area contributed by atoms with E-state index in [0.29, 0.717) is 22.1 Å². The molecule has 0 aromatic heterocycles. The lowest BCUT2D eigenvalue weighted by molar-refractivity contribution is -0.156. The molecule has 3 rings (SSSR count). The first-order chi connectivity index (χ1) is 13.5. The summed E-state index contributed by atoms with van der Waals surface area (Å²) < 4.78 is 16.0. The molecule has 0 bridgehead atoms. The Morgan fingerprint density at radius 1 is 1.11 bits per heavy atom. The topological polar surface area (TPSA) is 117 Å². The number of hydrogen-bond acceptors (Lipinski definition) is 7. The third-order valence-corrected chi connectivity index (χ3v) is 4.74. The van der Waals surface area contributed by atoms with Gasteiger partial charge in [0.1, 0.15) is 6.61 Å². The van der Waals surface area contributed by atoms with Crippen molar-refractivity contribution in [2.45, 2.75) is 11.0 Å². The predicted molar refractivity (Wildman–Crippen MR) is 102 cm³/mol. The lowest BCUT2D eigenvalue weighted by Gasteiger charge is -2.24. The molecule has 0 aliphatic carbocycles. The van der Waals surface area contributed by atoms with Gasteiger partial charge < -0.3 is 25.3 Å². The van der Waals surface area contributed by atoms with Crippen molar-refractivity contribution in [3.8, 4) is 11.5 Å². The van der Waals surface area contributed by atoms with Crippen LogP contribution in [0.5, 0.6) is 11.5 Å². The van der Waals surface area contributed by atoms with Crippen LogP contribution in [-0.4, -0.2) is 42.9 Å². The van der Waals surface area contributed by atoms with Gasteiger partial charge in [-0.05, 0) is 24.3 Å². The molecule has 0 unspecified atom stereocenters. The Morgan fingerprint density at radius 2 is 1.82 bits per heavy atom. The second-order valence-electron chi connectivity index (χ2n) is 5.77. The molecule has 0 saturated heterocycles. The average molecular weight is 402 g/mol. The molecule has 9 heteroatoms. The van der Waals surface area contributed by atoms with E-state index in [4.69, 9.17) is 19.9 Å². The van der Waals surface area contributed by atoms with Crippen molar-refractivity contribution in [1.82, 2.24) is 0 Å². The van der Waals surface area contributed by atoms with E-state index in [2.05, 4.69) is 5.32 Å². The van der Waals surface area contributed by atoms with Crippen LogP contribution in [0.1, 0.15) is 0 Å². The monoisotopic (exact) mass is 402 g/mol. The molecule has 0 saturated carbocycles. The number of thioether (sulfide) groups is 1. The van der Waals surface area contributed by atoms with Crippen LogP contribution in [0.3, 0.4) is 0 Å². The number of carbonyl (C=O) groups excluding carboxylic acids is 3. The smallest absolute Gasteiger partial charge is 0.351 e. The zero-order valence-electron chi connectivity index (χ0n) is 14.8. The molecular weight excluding hydrogens is 384 g/mol. The minimum atomic E-state index is -0.943. The molecule has 146 valence electrons. The van der Waals surface area contributed by atoms with Crippen molar-refractivity contribution >= 4 is 35.2 Å². The first-order valence-corrected chi connectivity index (χ1v) is 9.36. The first kappa shape index (κ1) is 19.6. The van der Waals surface area contributed by atoms with Crippen LogP contribution >= 0.6 is 11.8 Å². The Balaban J connectivity index is 1.51. The largest absolute Gasteiger partial charge is 0.485 e. The quantitative estimate of drug-likeness (QED) is 0.533. The number of esters is 1. The highest BCUT2D eigenvalue weighted by Gasteiger charge is 2.29. The van der Waals surface area contributed by atoms with Crippen molar-refractivity contribution in [3.63, 3.8) is 0 Å². The van der Waals surface area contributed by atoms with Crippen molar-refractivity contribution in [1.29, 1.82) is 0 Å². The fraction of sp³-hybridized carbons (Fsp3) is 0.211. The van der Waals surface area contributed by atoms with E-state index in [1.165, 1.54) is 11.8 Å².